The number of para-hydroxylation sites is 2. The van der Waals surface area contributed by atoms with E-state index in [-0.39, 0.29) is 42.3 Å². The quantitative estimate of drug-likeness (QED) is 0.0899. The third kappa shape index (κ3) is 11.8. The van der Waals surface area contributed by atoms with E-state index in [0.717, 1.165) is 45.1 Å². The molecule has 2 N–H and O–H groups in total. The Balaban J connectivity index is 0.974. The Labute approximate surface area is 378 Å². The van der Waals surface area contributed by atoms with Crippen LogP contribution in [-0.4, -0.2) is 77.7 Å². The Morgan fingerprint density at radius 3 is 1.61 bits per heavy atom. The summed E-state index contributed by atoms with van der Waals surface area (Å²) in [5.41, 5.74) is 7.12. The molecule has 0 aromatic heterocycles. The lowest BCUT2D eigenvalue weighted by Crippen LogP contribution is -2.46. The van der Waals surface area contributed by atoms with Crippen molar-refractivity contribution in [3.63, 3.8) is 0 Å². The molecule has 0 atom stereocenters. The number of nitrogens with zero attached hydrogens (tertiary/aromatic N) is 3. The average molecular weight is 884 g/mol. The molecular weight excluding hydrogens is 823 g/mol. The standard InChI is InChI=1S/C51H61N5O7Si/c1-51(2,3)64(5,6)63-46-22-19-39(29-47(46)60-4)30-50(59)54(33-48(57)52-25-23-37-17-20-44-40(27-37)31-55(35-61-44)42-13-9-7-10-14-42)34-49(58)53-26-24-38-18-21-45-41(28-38)32-56(36-62-45)43-15-11-8-12-16-43/h7-22,27-29H,23-26,30-36H2,1-6H3,(H,52,57)(H,53,58). The van der Waals surface area contributed by atoms with Crippen molar-refractivity contribution in [1.29, 1.82) is 0 Å². The molecule has 64 heavy (non-hydrogen) atoms. The van der Waals surface area contributed by atoms with E-state index in [2.05, 4.69) is 90.7 Å². The summed E-state index contributed by atoms with van der Waals surface area (Å²) < 4.78 is 24.3. The molecule has 0 fully saturated rings. The first-order chi connectivity index (χ1) is 30.7. The molecule has 5 aromatic rings. The third-order valence-electron chi connectivity index (χ3n) is 12.2. The second kappa shape index (κ2) is 20.4. The van der Waals surface area contributed by atoms with Gasteiger partial charge in [0, 0.05) is 48.7 Å². The molecule has 336 valence electrons. The number of carbonyl (C=O) groups excluding carboxylic acids is 3. The predicted octanol–water partition coefficient (Wildman–Crippen LogP) is 7.88. The molecule has 3 amide bonds. The molecule has 0 saturated heterocycles. The number of hydrogen-bond acceptors (Lipinski definition) is 9. The van der Waals surface area contributed by atoms with E-state index in [9.17, 15) is 14.4 Å². The molecule has 13 heteroatoms. The van der Waals surface area contributed by atoms with Crippen LogP contribution in [0.1, 0.15) is 48.6 Å². The van der Waals surface area contributed by atoms with Crippen LogP contribution < -0.4 is 39.1 Å². The minimum absolute atomic E-state index is 0.0196. The summed E-state index contributed by atoms with van der Waals surface area (Å²) in [6.45, 7) is 13.4. The highest BCUT2D eigenvalue weighted by molar-refractivity contribution is 6.74. The fraction of sp³-hybridized carbons (Fsp3) is 0.353. The van der Waals surface area contributed by atoms with Crippen LogP contribution in [-0.2, 0) is 46.7 Å². The van der Waals surface area contributed by atoms with Crippen LogP contribution in [0.3, 0.4) is 0 Å². The number of amides is 3. The topological polar surface area (TPSA) is 122 Å². The summed E-state index contributed by atoms with van der Waals surface area (Å²) in [6, 6.07) is 38.0. The van der Waals surface area contributed by atoms with Gasteiger partial charge in [0.1, 0.15) is 30.3 Å². The van der Waals surface area contributed by atoms with Crippen LogP contribution in [0.15, 0.2) is 115 Å². The number of carbonyl (C=O) groups is 3. The molecule has 0 bridgehead atoms. The lowest BCUT2D eigenvalue weighted by atomic mass is 10.1. The lowest BCUT2D eigenvalue weighted by Gasteiger charge is -2.36. The zero-order chi connectivity index (χ0) is 45.3. The van der Waals surface area contributed by atoms with Crippen LogP contribution >= 0.6 is 0 Å². The van der Waals surface area contributed by atoms with E-state index < -0.39 is 8.32 Å². The van der Waals surface area contributed by atoms with Crippen LogP contribution in [0.2, 0.25) is 18.1 Å². The van der Waals surface area contributed by atoms with Gasteiger partial charge in [-0.15, -0.1) is 0 Å². The van der Waals surface area contributed by atoms with Crippen molar-refractivity contribution in [3.05, 3.63) is 143 Å². The van der Waals surface area contributed by atoms with Gasteiger partial charge in [0.05, 0.1) is 13.5 Å². The highest BCUT2D eigenvalue weighted by atomic mass is 28.4. The number of methoxy groups -OCH3 is 1. The van der Waals surface area contributed by atoms with E-state index >= 15 is 0 Å². The zero-order valence-electron chi connectivity index (χ0n) is 37.9. The van der Waals surface area contributed by atoms with Crippen molar-refractivity contribution in [1.82, 2.24) is 15.5 Å². The van der Waals surface area contributed by atoms with Gasteiger partial charge in [0.2, 0.25) is 17.7 Å². The van der Waals surface area contributed by atoms with Crippen LogP contribution in [0, 0.1) is 0 Å². The third-order valence-corrected chi connectivity index (χ3v) is 16.6. The molecule has 0 radical (unpaired) electrons. The summed E-state index contributed by atoms with van der Waals surface area (Å²) >= 11 is 0. The fourth-order valence-electron chi connectivity index (χ4n) is 7.52. The highest BCUT2D eigenvalue weighted by Crippen LogP contribution is 2.40. The normalized spacial score (nSPS) is 13.4. The van der Waals surface area contributed by atoms with E-state index in [4.69, 9.17) is 18.6 Å². The molecular formula is C51H61N5O7Si. The first kappa shape index (κ1) is 45.5. The Hall–Kier alpha value is -6.47. The maximum Gasteiger partial charge on any atom is 0.250 e. The van der Waals surface area contributed by atoms with E-state index in [1.807, 2.05) is 72.8 Å². The summed E-state index contributed by atoms with van der Waals surface area (Å²) in [4.78, 5) is 46.7. The minimum atomic E-state index is -2.17. The molecule has 2 heterocycles. The number of hydrogen-bond donors (Lipinski definition) is 2. The first-order valence-electron chi connectivity index (χ1n) is 22.0. The first-order valence-corrected chi connectivity index (χ1v) is 24.9. The van der Waals surface area contributed by atoms with Crippen molar-refractivity contribution in [2.45, 2.75) is 71.3 Å². The Bertz CT molecular complexity index is 2290. The predicted molar refractivity (Wildman–Crippen MR) is 254 cm³/mol. The van der Waals surface area contributed by atoms with E-state index in [1.165, 1.54) is 4.90 Å². The van der Waals surface area contributed by atoms with Crippen molar-refractivity contribution >= 4 is 37.4 Å². The van der Waals surface area contributed by atoms with Gasteiger partial charge >= 0.3 is 0 Å². The van der Waals surface area contributed by atoms with Crippen molar-refractivity contribution in [2.24, 2.45) is 0 Å². The van der Waals surface area contributed by atoms with Crippen LogP contribution in [0.5, 0.6) is 23.0 Å². The molecule has 0 unspecified atom stereocenters. The lowest BCUT2D eigenvalue weighted by molar-refractivity contribution is -0.138. The van der Waals surface area contributed by atoms with Gasteiger partial charge in [-0.25, -0.2) is 0 Å². The Kier molecular flexibility index (Phi) is 14.5. The van der Waals surface area contributed by atoms with Gasteiger partial charge in [-0.2, -0.15) is 0 Å². The van der Waals surface area contributed by atoms with Crippen molar-refractivity contribution in [2.75, 3.05) is 56.6 Å². The van der Waals surface area contributed by atoms with Gasteiger partial charge in [-0.3, -0.25) is 14.4 Å². The second-order valence-electron chi connectivity index (χ2n) is 18.0. The maximum atomic E-state index is 14.0. The molecule has 0 saturated carbocycles. The minimum Gasteiger partial charge on any atom is -0.541 e. The smallest absolute Gasteiger partial charge is 0.250 e. The summed E-state index contributed by atoms with van der Waals surface area (Å²) in [5, 5.41) is 5.94. The molecule has 5 aromatic carbocycles. The van der Waals surface area contributed by atoms with Crippen molar-refractivity contribution in [3.8, 4) is 23.0 Å². The van der Waals surface area contributed by atoms with Gasteiger partial charge in [-0.05, 0) is 96.2 Å². The Morgan fingerprint density at radius 1 is 0.656 bits per heavy atom. The number of anilines is 2. The average Bonchev–Trinajstić information content (AvgIpc) is 3.29. The highest BCUT2D eigenvalue weighted by Gasteiger charge is 2.39. The molecule has 7 rings (SSSR count). The van der Waals surface area contributed by atoms with Crippen molar-refractivity contribution < 1.29 is 33.0 Å². The monoisotopic (exact) mass is 883 g/mol. The van der Waals surface area contributed by atoms with E-state index in [1.54, 1.807) is 13.2 Å². The van der Waals surface area contributed by atoms with Gasteiger partial charge in [-0.1, -0.05) is 87.5 Å². The SMILES string of the molecule is COc1cc(CC(=O)N(CC(=O)NCCc2ccc3c(c2)CN(c2ccccc2)CO3)CC(=O)NCCc2ccc3c(c2)CN(c2ccccc2)CO3)ccc1O[Si](C)(C)C(C)(C)C. The summed E-state index contributed by atoms with van der Waals surface area (Å²) in [7, 11) is -0.589. The largest absolute Gasteiger partial charge is 0.541 e. The van der Waals surface area contributed by atoms with Crippen LogP contribution in [0.25, 0.3) is 0 Å². The summed E-state index contributed by atoms with van der Waals surface area (Å²) in [5.74, 6) is 1.80. The van der Waals surface area contributed by atoms with Crippen LogP contribution in [0.4, 0.5) is 11.4 Å². The number of ether oxygens (including phenoxy) is 3. The molecule has 2 aliphatic heterocycles. The second-order valence-corrected chi connectivity index (χ2v) is 22.7. The summed E-state index contributed by atoms with van der Waals surface area (Å²) in [6.07, 6.45) is 1.13. The number of fused-ring (bicyclic) bond motifs is 2. The number of nitrogens with one attached hydrogen (secondary N) is 2. The molecule has 0 spiro atoms. The number of benzene rings is 5. The Morgan fingerprint density at radius 2 is 1.14 bits per heavy atom. The maximum absolute atomic E-state index is 14.0. The number of rotatable bonds is 17. The van der Waals surface area contributed by atoms with Gasteiger partial charge in [0.15, 0.2) is 19.2 Å². The molecule has 12 nitrogen and oxygen atoms in total. The fourth-order valence-corrected chi connectivity index (χ4v) is 8.54. The van der Waals surface area contributed by atoms with Gasteiger partial charge < -0.3 is 44.0 Å². The van der Waals surface area contributed by atoms with Gasteiger partial charge in [0.25, 0.3) is 8.32 Å². The molecule has 0 aliphatic carbocycles. The zero-order valence-corrected chi connectivity index (χ0v) is 38.9. The molecule has 2 aliphatic rings. The van der Waals surface area contributed by atoms with E-state index in [0.29, 0.717) is 69.5 Å².